The molecule has 21 heavy (non-hydrogen) atoms. The third-order valence-corrected chi connectivity index (χ3v) is 4.06. The van der Waals surface area contributed by atoms with Gasteiger partial charge in [0, 0.05) is 6.07 Å². The Morgan fingerprint density at radius 1 is 1.05 bits per heavy atom. The molecule has 0 spiro atoms. The van der Waals surface area contributed by atoms with Crippen LogP contribution in [0.15, 0.2) is 42.5 Å². The normalized spacial score (nSPS) is 11.4. The van der Waals surface area contributed by atoms with Gasteiger partial charge in [0.05, 0.1) is 0 Å². The van der Waals surface area contributed by atoms with Crippen molar-refractivity contribution in [2.24, 2.45) is 0 Å². The van der Waals surface area contributed by atoms with Gasteiger partial charge in [-0.15, -0.1) is 0 Å². The predicted octanol–water partition coefficient (Wildman–Crippen LogP) is 4.97. The van der Waals surface area contributed by atoms with E-state index in [1.165, 1.54) is 5.56 Å². The first-order valence-electron chi connectivity index (χ1n) is 7.43. The highest BCUT2D eigenvalue weighted by Crippen LogP contribution is 2.27. The molecule has 112 valence electrons. The number of phenolic OH excluding ortho intramolecular Hbond substituents is 1. The molecule has 0 atom stereocenters. The van der Waals surface area contributed by atoms with Crippen molar-refractivity contribution in [3.05, 3.63) is 59.2 Å². The van der Waals surface area contributed by atoms with Crippen LogP contribution in [0.3, 0.4) is 0 Å². The van der Waals surface area contributed by atoms with Gasteiger partial charge >= 0.3 is 0 Å². The van der Waals surface area contributed by atoms with Crippen LogP contribution < -0.4 is 4.74 Å². The molecule has 2 rings (SSSR count). The van der Waals surface area contributed by atoms with E-state index < -0.39 is 0 Å². The quantitative estimate of drug-likeness (QED) is 0.840. The summed E-state index contributed by atoms with van der Waals surface area (Å²) in [5.41, 5.74) is 3.68. The first-order chi connectivity index (χ1) is 9.90. The SMILES string of the molecule is CCC(C)(C)c1ccc(COc2cc(C)cc(O)c2)cc1. The summed E-state index contributed by atoms with van der Waals surface area (Å²) >= 11 is 0. The van der Waals surface area contributed by atoms with Crippen LogP contribution in [0, 0.1) is 6.92 Å². The van der Waals surface area contributed by atoms with Gasteiger partial charge in [-0.25, -0.2) is 0 Å². The standard InChI is InChI=1S/C19H24O2/c1-5-19(3,4)16-8-6-15(7-9-16)13-21-18-11-14(2)10-17(20)12-18/h6-12,20H,5,13H2,1-4H3. The average molecular weight is 284 g/mol. The first kappa shape index (κ1) is 15.4. The van der Waals surface area contributed by atoms with E-state index in [1.54, 1.807) is 12.1 Å². The second-order valence-corrected chi connectivity index (χ2v) is 6.23. The molecule has 0 fully saturated rings. The molecule has 0 bridgehead atoms. The molecule has 0 aliphatic heterocycles. The maximum Gasteiger partial charge on any atom is 0.123 e. The van der Waals surface area contributed by atoms with Gasteiger partial charge in [-0.1, -0.05) is 45.0 Å². The molecule has 0 aliphatic carbocycles. The van der Waals surface area contributed by atoms with Crippen LogP contribution in [-0.4, -0.2) is 5.11 Å². The summed E-state index contributed by atoms with van der Waals surface area (Å²) in [7, 11) is 0. The fourth-order valence-electron chi connectivity index (χ4n) is 2.23. The molecule has 2 aromatic carbocycles. The van der Waals surface area contributed by atoms with Crippen molar-refractivity contribution in [1.82, 2.24) is 0 Å². The van der Waals surface area contributed by atoms with Gasteiger partial charge in [-0.05, 0) is 47.6 Å². The van der Waals surface area contributed by atoms with Crippen LogP contribution in [0.1, 0.15) is 43.9 Å². The molecular weight excluding hydrogens is 260 g/mol. The molecule has 0 saturated carbocycles. The second kappa shape index (κ2) is 6.21. The van der Waals surface area contributed by atoms with Crippen molar-refractivity contribution < 1.29 is 9.84 Å². The zero-order valence-electron chi connectivity index (χ0n) is 13.3. The van der Waals surface area contributed by atoms with Gasteiger partial charge in [-0.2, -0.15) is 0 Å². The van der Waals surface area contributed by atoms with Gasteiger partial charge in [0.15, 0.2) is 0 Å². The number of ether oxygens (including phenoxy) is 1. The Balaban J connectivity index is 2.04. The van der Waals surface area contributed by atoms with Crippen LogP contribution in [-0.2, 0) is 12.0 Å². The van der Waals surface area contributed by atoms with Crippen molar-refractivity contribution >= 4 is 0 Å². The van der Waals surface area contributed by atoms with Crippen LogP contribution in [0.25, 0.3) is 0 Å². The lowest BCUT2D eigenvalue weighted by atomic mass is 9.82. The second-order valence-electron chi connectivity index (χ2n) is 6.23. The van der Waals surface area contributed by atoms with Crippen LogP contribution in [0.5, 0.6) is 11.5 Å². The van der Waals surface area contributed by atoms with E-state index in [0.29, 0.717) is 12.4 Å². The molecule has 0 heterocycles. The fourth-order valence-corrected chi connectivity index (χ4v) is 2.23. The smallest absolute Gasteiger partial charge is 0.123 e. The Morgan fingerprint density at radius 3 is 2.29 bits per heavy atom. The monoisotopic (exact) mass is 284 g/mol. The highest BCUT2D eigenvalue weighted by Gasteiger charge is 2.17. The molecule has 2 aromatic rings. The third-order valence-electron chi connectivity index (χ3n) is 4.06. The third kappa shape index (κ3) is 4.01. The minimum Gasteiger partial charge on any atom is -0.508 e. The molecule has 0 amide bonds. The van der Waals surface area contributed by atoms with Crippen molar-refractivity contribution in [3.63, 3.8) is 0 Å². The number of aromatic hydroxyl groups is 1. The van der Waals surface area contributed by atoms with E-state index in [2.05, 4.69) is 45.0 Å². The van der Waals surface area contributed by atoms with Crippen LogP contribution in [0.2, 0.25) is 0 Å². The highest BCUT2D eigenvalue weighted by atomic mass is 16.5. The summed E-state index contributed by atoms with van der Waals surface area (Å²) in [5, 5.41) is 9.56. The molecule has 0 radical (unpaired) electrons. The number of aryl methyl sites for hydroxylation is 1. The van der Waals surface area contributed by atoms with Gasteiger partial charge in [0.1, 0.15) is 18.1 Å². The van der Waals surface area contributed by atoms with Gasteiger partial charge < -0.3 is 9.84 Å². The molecule has 1 N–H and O–H groups in total. The van der Waals surface area contributed by atoms with E-state index in [1.807, 2.05) is 13.0 Å². The maximum absolute atomic E-state index is 9.56. The summed E-state index contributed by atoms with van der Waals surface area (Å²) in [6.45, 7) is 9.17. The lowest BCUT2D eigenvalue weighted by molar-refractivity contribution is 0.304. The summed E-state index contributed by atoms with van der Waals surface area (Å²) in [6, 6.07) is 13.9. The number of hydrogen-bond donors (Lipinski definition) is 1. The summed E-state index contributed by atoms with van der Waals surface area (Å²) in [6.07, 6.45) is 1.12. The lowest BCUT2D eigenvalue weighted by Gasteiger charge is -2.23. The Morgan fingerprint density at radius 2 is 1.71 bits per heavy atom. The predicted molar refractivity (Wildman–Crippen MR) is 86.9 cm³/mol. The van der Waals surface area contributed by atoms with E-state index in [-0.39, 0.29) is 11.2 Å². The van der Waals surface area contributed by atoms with E-state index in [9.17, 15) is 5.11 Å². The Kier molecular flexibility index (Phi) is 4.56. The Labute approximate surface area is 127 Å². The maximum atomic E-state index is 9.56. The van der Waals surface area contributed by atoms with Gasteiger partial charge in [0.2, 0.25) is 0 Å². The zero-order valence-corrected chi connectivity index (χ0v) is 13.3. The minimum absolute atomic E-state index is 0.210. The van der Waals surface area contributed by atoms with Crippen molar-refractivity contribution in [2.45, 2.75) is 46.1 Å². The molecule has 2 nitrogen and oxygen atoms in total. The lowest BCUT2D eigenvalue weighted by Crippen LogP contribution is -2.15. The van der Waals surface area contributed by atoms with Crippen molar-refractivity contribution in [2.75, 3.05) is 0 Å². The van der Waals surface area contributed by atoms with Crippen LogP contribution in [0.4, 0.5) is 0 Å². The first-order valence-corrected chi connectivity index (χ1v) is 7.43. The average Bonchev–Trinajstić information content (AvgIpc) is 2.44. The number of rotatable bonds is 5. The van der Waals surface area contributed by atoms with E-state index in [0.717, 1.165) is 17.5 Å². The molecule has 0 unspecified atom stereocenters. The van der Waals surface area contributed by atoms with Crippen LogP contribution >= 0.6 is 0 Å². The summed E-state index contributed by atoms with van der Waals surface area (Å²) in [5.74, 6) is 0.940. The molecular formula is C19H24O2. The summed E-state index contributed by atoms with van der Waals surface area (Å²) < 4.78 is 5.75. The van der Waals surface area contributed by atoms with Gasteiger partial charge in [-0.3, -0.25) is 0 Å². The van der Waals surface area contributed by atoms with E-state index in [4.69, 9.17) is 4.74 Å². The van der Waals surface area contributed by atoms with Gasteiger partial charge in [0.25, 0.3) is 0 Å². The largest absolute Gasteiger partial charge is 0.508 e. The molecule has 2 heteroatoms. The highest BCUT2D eigenvalue weighted by molar-refractivity contribution is 5.37. The molecule has 0 aliphatic rings. The van der Waals surface area contributed by atoms with Crippen molar-refractivity contribution in [3.8, 4) is 11.5 Å². The number of hydrogen-bond acceptors (Lipinski definition) is 2. The Hall–Kier alpha value is -1.96. The zero-order chi connectivity index (χ0) is 15.5. The summed E-state index contributed by atoms with van der Waals surface area (Å²) in [4.78, 5) is 0. The Bertz CT molecular complexity index is 577. The number of benzene rings is 2. The van der Waals surface area contributed by atoms with Crippen molar-refractivity contribution in [1.29, 1.82) is 0 Å². The fraction of sp³-hybridized carbons (Fsp3) is 0.368. The minimum atomic E-state index is 0.210. The topological polar surface area (TPSA) is 29.5 Å². The molecule has 0 saturated heterocycles. The van der Waals surface area contributed by atoms with E-state index >= 15 is 0 Å². The molecule has 0 aromatic heterocycles. The number of phenols is 1.